The molecule has 1 aromatic rings. The maximum Gasteiger partial charge on any atom is 0.322 e. The average molecular weight is 385 g/mol. The van der Waals surface area contributed by atoms with E-state index in [9.17, 15) is 19.5 Å². The zero-order valence-corrected chi connectivity index (χ0v) is 16.0. The predicted molar refractivity (Wildman–Crippen MR) is 104 cm³/mol. The van der Waals surface area contributed by atoms with Gasteiger partial charge >= 0.3 is 12.0 Å². The van der Waals surface area contributed by atoms with Crippen molar-refractivity contribution in [1.29, 1.82) is 0 Å². The van der Waals surface area contributed by atoms with Crippen molar-refractivity contribution in [2.75, 3.05) is 18.4 Å². The van der Waals surface area contributed by atoms with Gasteiger partial charge in [-0.15, -0.1) is 0 Å². The highest BCUT2D eigenvalue weighted by Gasteiger charge is 2.36. The van der Waals surface area contributed by atoms with Crippen LogP contribution in [0.1, 0.15) is 44.1 Å². The summed E-state index contributed by atoms with van der Waals surface area (Å²) in [6, 6.07) is 7.89. The second kappa shape index (κ2) is 7.81. The van der Waals surface area contributed by atoms with E-state index in [-0.39, 0.29) is 23.9 Å². The Balaban J connectivity index is 1.34. The summed E-state index contributed by atoms with van der Waals surface area (Å²) in [6.45, 7) is 1.86. The third-order valence-corrected chi connectivity index (χ3v) is 6.45. The number of carboxylic acid groups (broad SMARTS) is 1. The van der Waals surface area contributed by atoms with E-state index in [0.29, 0.717) is 32.5 Å². The van der Waals surface area contributed by atoms with Crippen LogP contribution in [0, 0.1) is 11.8 Å². The number of carbonyl (C=O) groups excluding carboxylic acids is 2. The van der Waals surface area contributed by atoms with Crippen LogP contribution in [0.15, 0.2) is 24.3 Å². The van der Waals surface area contributed by atoms with Crippen LogP contribution in [-0.2, 0) is 16.1 Å². The summed E-state index contributed by atoms with van der Waals surface area (Å²) in [6.07, 6.45) is 4.24. The standard InChI is InChI=1S/C21H27N3O4/c25-19(14-5-3-6-15(12-14)20(26)27)23-10-8-17(9-11-23)24-13-16-4-1-2-7-18(16)22-21(24)28/h1-2,4,7,14-15,17H,3,5-6,8-13H2,(H,22,28)(H,26,27)/t14-,15+/m1/s1. The molecule has 1 aromatic carbocycles. The normalized spacial score (nSPS) is 25.8. The summed E-state index contributed by atoms with van der Waals surface area (Å²) in [7, 11) is 0. The summed E-state index contributed by atoms with van der Waals surface area (Å²) >= 11 is 0. The van der Waals surface area contributed by atoms with E-state index < -0.39 is 11.9 Å². The number of aliphatic carboxylic acids is 1. The molecule has 1 saturated carbocycles. The molecule has 0 bridgehead atoms. The summed E-state index contributed by atoms with van der Waals surface area (Å²) in [5, 5.41) is 12.2. The first-order valence-electron chi connectivity index (χ1n) is 10.2. The van der Waals surface area contributed by atoms with Crippen molar-refractivity contribution in [2.45, 2.75) is 51.1 Å². The number of piperidine rings is 1. The SMILES string of the molecule is O=C(O)[C@H]1CCC[C@@H](C(=O)N2CCC(N3Cc4ccccc4NC3=O)CC2)C1. The highest BCUT2D eigenvalue weighted by atomic mass is 16.4. The molecule has 1 saturated heterocycles. The van der Waals surface area contributed by atoms with Crippen LogP contribution in [-0.4, -0.2) is 51.9 Å². The van der Waals surface area contributed by atoms with Gasteiger partial charge in [0.15, 0.2) is 0 Å². The van der Waals surface area contributed by atoms with Crippen molar-refractivity contribution in [1.82, 2.24) is 9.80 Å². The minimum absolute atomic E-state index is 0.0694. The van der Waals surface area contributed by atoms with E-state index in [1.54, 1.807) is 0 Å². The molecule has 4 rings (SSSR count). The maximum atomic E-state index is 12.9. The van der Waals surface area contributed by atoms with E-state index in [4.69, 9.17) is 0 Å². The Labute approximate surface area is 164 Å². The molecule has 3 amide bonds. The van der Waals surface area contributed by atoms with Gasteiger partial charge in [-0.25, -0.2) is 4.79 Å². The third-order valence-electron chi connectivity index (χ3n) is 6.45. The summed E-state index contributed by atoms with van der Waals surface area (Å²) in [5.74, 6) is -1.25. The van der Waals surface area contributed by atoms with Crippen molar-refractivity contribution < 1.29 is 19.5 Å². The third kappa shape index (κ3) is 3.70. The Bertz CT molecular complexity index is 773. The molecule has 0 radical (unpaired) electrons. The molecule has 7 heteroatoms. The van der Waals surface area contributed by atoms with Crippen molar-refractivity contribution in [3.8, 4) is 0 Å². The molecule has 0 unspecified atom stereocenters. The van der Waals surface area contributed by atoms with Gasteiger partial charge < -0.3 is 20.2 Å². The number of hydrogen-bond donors (Lipinski definition) is 2. The molecule has 0 aromatic heterocycles. The molecule has 2 N–H and O–H groups in total. The van der Waals surface area contributed by atoms with E-state index in [1.807, 2.05) is 34.1 Å². The number of rotatable bonds is 3. The van der Waals surface area contributed by atoms with Crippen molar-refractivity contribution >= 4 is 23.6 Å². The largest absolute Gasteiger partial charge is 0.481 e. The fraction of sp³-hybridized carbons (Fsp3) is 0.571. The van der Waals surface area contributed by atoms with E-state index in [2.05, 4.69) is 5.32 Å². The molecule has 2 atom stereocenters. The zero-order valence-electron chi connectivity index (χ0n) is 16.0. The Hall–Kier alpha value is -2.57. The minimum Gasteiger partial charge on any atom is -0.481 e. The Morgan fingerprint density at radius 1 is 1.04 bits per heavy atom. The van der Waals surface area contributed by atoms with Crippen molar-refractivity contribution in [3.63, 3.8) is 0 Å². The fourth-order valence-corrected chi connectivity index (χ4v) is 4.81. The van der Waals surface area contributed by atoms with Crippen LogP contribution in [0.2, 0.25) is 0 Å². The predicted octanol–water partition coefficient (Wildman–Crippen LogP) is 2.92. The summed E-state index contributed by atoms with van der Waals surface area (Å²) in [5.41, 5.74) is 1.99. The lowest BCUT2D eigenvalue weighted by molar-refractivity contribution is -0.145. The maximum absolute atomic E-state index is 12.9. The Morgan fingerprint density at radius 2 is 1.75 bits per heavy atom. The highest BCUT2D eigenvalue weighted by molar-refractivity contribution is 5.92. The van der Waals surface area contributed by atoms with Gasteiger partial charge in [0.1, 0.15) is 0 Å². The lowest BCUT2D eigenvalue weighted by Crippen LogP contribution is -2.52. The first-order valence-corrected chi connectivity index (χ1v) is 10.2. The van der Waals surface area contributed by atoms with Crippen LogP contribution < -0.4 is 5.32 Å². The number of nitrogens with one attached hydrogen (secondary N) is 1. The average Bonchev–Trinajstić information content (AvgIpc) is 2.73. The van der Waals surface area contributed by atoms with E-state index >= 15 is 0 Å². The number of carboxylic acids is 1. The molecule has 2 heterocycles. The highest BCUT2D eigenvalue weighted by Crippen LogP contribution is 2.32. The van der Waals surface area contributed by atoms with Gasteiger partial charge in [-0.1, -0.05) is 24.6 Å². The first kappa shape index (κ1) is 18.8. The number of urea groups is 1. The van der Waals surface area contributed by atoms with Gasteiger partial charge in [0, 0.05) is 37.3 Å². The molecular formula is C21H27N3O4. The minimum atomic E-state index is -0.785. The molecule has 150 valence electrons. The zero-order chi connectivity index (χ0) is 19.7. The number of likely N-dealkylation sites (tertiary alicyclic amines) is 1. The second-order valence-corrected chi connectivity index (χ2v) is 8.17. The van der Waals surface area contributed by atoms with Gasteiger partial charge in [0.05, 0.1) is 5.92 Å². The molecule has 2 fully saturated rings. The molecule has 28 heavy (non-hydrogen) atoms. The van der Waals surface area contributed by atoms with E-state index in [0.717, 1.165) is 36.9 Å². The molecule has 0 spiro atoms. The van der Waals surface area contributed by atoms with Crippen LogP contribution in [0.4, 0.5) is 10.5 Å². The van der Waals surface area contributed by atoms with Crippen LogP contribution in [0.3, 0.4) is 0 Å². The molecule has 7 nitrogen and oxygen atoms in total. The molecule has 1 aliphatic carbocycles. The monoisotopic (exact) mass is 385 g/mol. The topological polar surface area (TPSA) is 89.9 Å². The number of fused-ring (bicyclic) bond motifs is 1. The van der Waals surface area contributed by atoms with Gasteiger partial charge in [-0.3, -0.25) is 9.59 Å². The second-order valence-electron chi connectivity index (χ2n) is 8.17. The van der Waals surface area contributed by atoms with Crippen molar-refractivity contribution in [3.05, 3.63) is 29.8 Å². The van der Waals surface area contributed by atoms with Gasteiger partial charge in [-0.2, -0.15) is 0 Å². The van der Waals surface area contributed by atoms with Gasteiger partial charge in [0.25, 0.3) is 0 Å². The van der Waals surface area contributed by atoms with Crippen LogP contribution in [0.5, 0.6) is 0 Å². The Morgan fingerprint density at radius 3 is 2.50 bits per heavy atom. The summed E-state index contributed by atoms with van der Waals surface area (Å²) < 4.78 is 0. The molecule has 2 aliphatic heterocycles. The Kier molecular flexibility index (Phi) is 5.24. The number of hydrogen-bond acceptors (Lipinski definition) is 3. The summed E-state index contributed by atoms with van der Waals surface area (Å²) in [4.78, 5) is 40.4. The van der Waals surface area contributed by atoms with E-state index in [1.165, 1.54) is 0 Å². The number of benzene rings is 1. The first-order chi connectivity index (χ1) is 13.5. The van der Waals surface area contributed by atoms with Gasteiger partial charge in [0.2, 0.25) is 5.91 Å². The number of anilines is 1. The fourth-order valence-electron chi connectivity index (χ4n) is 4.81. The van der Waals surface area contributed by atoms with Crippen LogP contribution in [0.25, 0.3) is 0 Å². The lowest BCUT2D eigenvalue weighted by atomic mass is 9.80. The van der Waals surface area contributed by atoms with Crippen LogP contribution >= 0.6 is 0 Å². The number of carbonyl (C=O) groups is 3. The molecular weight excluding hydrogens is 358 g/mol. The number of nitrogens with zero attached hydrogens (tertiary/aromatic N) is 2. The lowest BCUT2D eigenvalue weighted by Gasteiger charge is -2.41. The number of para-hydroxylation sites is 1. The van der Waals surface area contributed by atoms with Crippen molar-refractivity contribution in [2.24, 2.45) is 11.8 Å². The number of amides is 3. The smallest absolute Gasteiger partial charge is 0.322 e. The van der Waals surface area contributed by atoms with Gasteiger partial charge in [-0.05, 0) is 43.7 Å². The molecule has 3 aliphatic rings. The quantitative estimate of drug-likeness (QED) is 0.837.